The Balaban J connectivity index is 2.18. The van der Waals surface area contributed by atoms with Gasteiger partial charge in [0.1, 0.15) is 0 Å². The fraction of sp³-hybridized carbons (Fsp3) is 0.818. The van der Waals surface area contributed by atoms with E-state index in [9.17, 15) is 0 Å². The maximum Gasteiger partial charge on any atom is -0.00852 e. The number of rotatable bonds is 1. The van der Waals surface area contributed by atoms with Gasteiger partial charge >= 0.3 is 0 Å². The third-order valence-electron chi connectivity index (χ3n) is 3.64. The Hall–Kier alpha value is -0.260. The number of allylic oxidation sites excluding steroid dienone is 2. The molecule has 2 aliphatic carbocycles. The largest absolute Gasteiger partial charge is 0.0847 e. The Morgan fingerprint density at radius 3 is 2.64 bits per heavy atom. The molecule has 0 radical (unpaired) electrons. The molecule has 0 aromatic rings. The van der Waals surface area contributed by atoms with Crippen molar-refractivity contribution >= 4 is 0 Å². The molecule has 0 aliphatic heterocycles. The standard InChI is InChI=1S/C11H18/c1-2-10-6-5-9-11(10)7-3-4-8-11/h6H,2-5,7-9H2,1H3. The summed E-state index contributed by atoms with van der Waals surface area (Å²) in [5.41, 5.74) is 2.50. The van der Waals surface area contributed by atoms with E-state index in [1.54, 1.807) is 5.57 Å². The molecule has 0 heteroatoms. The highest BCUT2D eigenvalue weighted by Crippen LogP contribution is 2.52. The van der Waals surface area contributed by atoms with Gasteiger partial charge in [-0.2, -0.15) is 0 Å². The molecule has 1 saturated carbocycles. The molecular weight excluding hydrogens is 132 g/mol. The van der Waals surface area contributed by atoms with Gasteiger partial charge in [0, 0.05) is 0 Å². The molecule has 0 bridgehead atoms. The summed E-state index contributed by atoms with van der Waals surface area (Å²) in [5, 5.41) is 0. The zero-order chi connectivity index (χ0) is 7.73. The van der Waals surface area contributed by atoms with Gasteiger partial charge < -0.3 is 0 Å². The zero-order valence-electron chi connectivity index (χ0n) is 7.53. The third kappa shape index (κ3) is 1.04. The lowest BCUT2D eigenvalue weighted by Gasteiger charge is -2.26. The molecule has 0 heterocycles. The van der Waals surface area contributed by atoms with Crippen LogP contribution >= 0.6 is 0 Å². The van der Waals surface area contributed by atoms with E-state index in [1.807, 2.05) is 0 Å². The monoisotopic (exact) mass is 150 g/mol. The highest BCUT2D eigenvalue weighted by molar-refractivity contribution is 5.21. The maximum absolute atomic E-state index is 2.51. The molecule has 0 aromatic carbocycles. The second-order valence-corrected chi connectivity index (χ2v) is 4.11. The van der Waals surface area contributed by atoms with E-state index in [2.05, 4.69) is 13.0 Å². The summed E-state index contributed by atoms with van der Waals surface area (Å²) in [5.74, 6) is 0. The van der Waals surface area contributed by atoms with E-state index >= 15 is 0 Å². The summed E-state index contributed by atoms with van der Waals surface area (Å²) >= 11 is 0. The van der Waals surface area contributed by atoms with Gasteiger partial charge in [-0.1, -0.05) is 31.4 Å². The highest BCUT2D eigenvalue weighted by Gasteiger charge is 2.38. The van der Waals surface area contributed by atoms with Crippen LogP contribution in [0.2, 0.25) is 0 Å². The molecule has 0 amide bonds. The van der Waals surface area contributed by atoms with Crippen molar-refractivity contribution in [3.8, 4) is 0 Å². The number of hydrogen-bond donors (Lipinski definition) is 0. The van der Waals surface area contributed by atoms with Crippen molar-refractivity contribution in [3.63, 3.8) is 0 Å². The predicted octanol–water partition coefficient (Wildman–Crippen LogP) is 3.68. The van der Waals surface area contributed by atoms with E-state index in [0.29, 0.717) is 0 Å². The van der Waals surface area contributed by atoms with E-state index in [0.717, 1.165) is 5.41 Å². The van der Waals surface area contributed by atoms with Gasteiger partial charge in [0.25, 0.3) is 0 Å². The van der Waals surface area contributed by atoms with Crippen LogP contribution in [0.25, 0.3) is 0 Å². The molecule has 1 fully saturated rings. The van der Waals surface area contributed by atoms with Gasteiger partial charge in [-0.3, -0.25) is 0 Å². The average Bonchev–Trinajstić information content (AvgIpc) is 2.62. The first kappa shape index (κ1) is 7.39. The minimum absolute atomic E-state index is 0.717. The van der Waals surface area contributed by atoms with Crippen LogP contribution in [-0.2, 0) is 0 Å². The third-order valence-corrected chi connectivity index (χ3v) is 3.64. The highest BCUT2D eigenvalue weighted by atomic mass is 14.4. The smallest absolute Gasteiger partial charge is 0.00852 e. The Morgan fingerprint density at radius 2 is 2.00 bits per heavy atom. The van der Waals surface area contributed by atoms with Gasteiger partial charge in [0.05, 0.1) is 0 Å². The van der Waals surface area contributed by atoms with E-state index in [1.165, 1.54) is 44.9 Å². The minimum Gasteiger partial charge on any atom is -0.0847 e. The molecule has 0 unspecified atom stereocenters. The van der Waals surface area contributed by atoms with Gasteiger partial charge in [-0.05, 0) is 37.5 Å². The molecule has 2 aliphatic rings. The quantitative estimate of drug-likeness (QED) is 0.500. The normalized spacial score (nSPS) is 27.9. The molecule has 11 heavy (non-hydrogen) atoms. The van der Waals surface area contributed by atoms with Gasteiger partial charge in [-0.15, -0.1) is 0 Å². The summed E-state index contributed by atoms with van der Waals surface area (Å²) in [4.78, 5) is 0. The van der Waals surface area contributed by atoms with Crippen LogP contribution in [-0.4, -0.2) is 0 Å². The van der Waals surface area contributed by atoms with Crippen molar-refractivity contribution in [2.24, 2.45) is 5.41 Å². The van der Waals surface area contributed by atoms with Crippen LogP contribution < -0.4 is 0 Å². The van der Waals surface area contributed by atoms with E-state index in [4.69, 9.17) is 0 Å². The molecule has 1 spiro atoms. The predicted molar refractivity (Wildman–Crippen MR) is 48.5 cm³/mol. The summed E-state index contributed by atoms with van der Waals surface area (Å²) in [6.45, 7) is 2.32. The first-order valence-corrected chi connectivity index (χ1v) is 5.07. The van der Waals surface area contributed by atoms with Crippen LogP contribution in [0.4, 0.5) is 0 Å². The Kier molecular flexibility index (Phi) is 1.78. The summed E-state index contributed by atoms with van der Waals surface area (Å²) in [7, 11) is 0. The molecule has 0 aromatic heterocycles. The van der Waals surface area contributed by atoms with Crippen LogP contribution in [0, 0.1) is 5.41 Å². The second kappa shape index (κ2) is 2.66. The lowest BCUT2D eigenvalue weighted by molar-refractivity contribution is 0.357. The fourth-order valence-corrected chi connectivity index (χ4v) is 3.04. The minimum atomic E-state index is 0.717. The van der Waals surface area contributed by atoms with Crippen molar-refractivity contribution in [1.82, 2.24) is 0 Å². The van der Waals surface area contributed by atoms with Crippen LogP contribution in [0.15, 0.2) is 11.6 Å². The maximum atomic E-state index is 2.51. The second-order valence-electron chi connectivity index (χ2n) is 4.11. The average molecular weight is 150 g/mol. The van der Waals surface area contributed by atoms with Crippen molar-refractivity contribution in [2.45, 2.75) is 51.9 Å². The summed E-state index contributed by atoms with van der Waals surface area (Å²) < 4.78 is 0. The van der Waals surface area contributed by atoms with E-state index < -0.39 is 0 Å². The van der Waals surface area contributed by atoms with Gasteiger partial charge in [-0.25, -0.2) is 0 Å². The van der Waals surface area contributed by atoms with Crippen molar-refractivity contribution < 1.29 is 0 Å². The van der Waals surface area contributed by atoms with Crippen LogP contribution in [0.3, 0.4) is 0 Å². The Labute approximate surface area is 69.7 Å². The topological polar surface area (TPSA) is 0 Å². The SMILES string of the molecule is CCC1=CCCC12CCCC2. The molecule has 0 saturated heterocycles. The zero-order valence-corrected chi connectivity index (χ0v) is 7.53. The lowest BCUT2D eigenvalue weighted by Crippen LogP contribution is -2.14. The van der Waals surface area contributed by atoms with Gasteiger partial charge in [0.15, 0.2) is 0 Å². The molecular formula is C11H18. The molecule has 0 N–H and O–H groups in total. The van der Waals surface area contributed by atoms with Crippen molar-refractivity contribution in [2.75, 3.05) is 0 Å². The van der Waals surface area contributed by atoms with Crippen LogP contribution in [0.5, 0.6) is 0 Å². The molecule has 2 rings (SSSR count). The first-order valence-electron chi connectivity index (χ1n) is 5.07. The van der Waals surface area contributed by atoms with Crippen LogP contribution in [0.1, 0.15) is 51.9 Å². The first-order chi connectivity index (χ1) is 5.37. The molecule has 0 nitrogen and oxygen atoms in total. The van der Waals surface area contributed by atoms with Crippen molar-refractivity contribution in [3.05, 3.63) is 11.6 Å². The Morgan fingerprint density at radius 1 is 1.27 bits per heavy atom. The Bertz CT molecular complexity index is 170. The van der Waals surface area contributed by atoms with Crippen molar-refractivity contribution in [1.29, 1.82) is 0 Å². The summed E-state index contributed by atoms with van der Waals surface area (Å²) in [6, 6.07) is 0. The molecule has 62 valence electrons. The lowest BCUT2D eigenvalue weighted by atomic mass is 9.78. The number of hydrogen-bond acceptors (Lipinski definition) is 0. The summed E-state index contributed by atoms with van der Waals surface area (Å²) in [6.07, 6.45) is 12.6. The van der Waals surface area contributed by atoms with E-state index in [-0.39, 0.29) is 0 Å². The fourth-order valence-electron chi connectivity index (χ4n) is 3.04. The van der Waals surface area contributed by atoms with Gasteiger partial charge in [0.2, 0.25) is 0 Å². The molecule has 0 atom stereocenters.